The first-order chi connectivity index (χ1) is 13.1. The maximum Gasteiger partial charge on any atom is 0.265 e. The number of carbonyl (C=O) groups excluding carboxylic acids is 2. The molecule has 2 amide bonds. The van der Waals surface area contributed by atoms with Crippen LogP contribution in [0.4, 0.5) is 11.4 Å². The third-order valence-corrected chi connectivity index (χ3v) is 4.38. The number of amides is 2. The highest BCUT2D eigenvalue weighted by Crippen LogP contribution is 2.37. The number of halogens is 1. The third-order valence-electron chi connectivity index (χ3n) is 4.08. The second-order valence-electron chi connectivity index (χ2n) is 5.91. The Balaban J connectivity index is 1.51. The second-order valence-corrected chi connectivity index (χ2v) is 6.31. The Bertz CT molecular complexity index is 1000. The van der Waals surface area contributed by atoms with Crippen LogP contribution in [0.2, 0.25) is 5.02 Å². The van der Waals surface area contributed by atoms with Crippen molar-refractivity contribution >= 4 is 34.8 Å². The largest absolute Gasteiger partial charge is 0.480 e. The lowest BCUT2D eigenvalue weighted by Crippen LogP contribution is -2.43. The van der Waals surface area contributed by atoms with E-state index in [4.69, 9.17) is 16.3 Å². The Kier molecular flexibility index (Phi) is 4.52. The van der Waals surface area contributed by atoms with Crippen LogP contribution in [0.3, 0.4) is 0 Å². The molecule has 0 saturated carbocycles. The zero-order valence-corrected chi connectivity index (χ0v) is 14.9. The van der Waals surface area contributed by atoms with Gasteiger partial charge in [-0.2, -0.15) is 5.10 Å². The molecule has 4 rings (SSSR count). The Morgan fingerprint density at radius 2 is 2.07 bits per heavy atom. The number of aromatic nitrogens is 2. The molecule has 0 bridgehead atoms. The van der Waals surface area contributed by atoms with Gasteiger partial charge in [-0.3, -0.25) is 14.5 Å². The lowest BCUT2D eigenvalue weighted by atomic mass is 10.2. The number of para-hydroxylation sites is 1. The number of rotatable bonds is 4. The Labute approximate surface area is 160 Å². The van der Waals surface area contributed by atoms with Crippen LogP contribution in [0.25, 0.3) is 5.69 Å². The van der Waals surface area contributed by atoms with Crippen LogP contribution in [-0.4, -0.2) is 34.7 Å². The molecule has 1 aliphatic rings. The lowest BCUT2D eigenvalue weighted by molar-refractivity contribution is -0.123. The summed E-state index contributed by atoms with van der Waals surface area (Å²) >= 11 is 6.12. The normalized spacial score (nSPS) is 13.1. The van der Waals surface area contributed by atoms with Crippen LogP contribution in [0.1, 0.15) is 0 Å². The van der Waals surface area contributed by atoms with Gasteiger partial charge >= 0.3 is 0 Å². The molecule has 7 nitrogen and oxygen atoms in total. The molecule has 0 radical (unpaired) electrons. The van der Waals surface area contributed by atoms with Gasteiger partial charge in [-0.15, -0.1) is 0 Å². The van der Waals surface area contributed by atoms with Crippen molar-refractivity contribution in [3.8, 4) is 11.4 Å². The highest BCUT2D eigenvalue weighted by Gasteiger charge is 2.28. The molecule has 3 aromatic rings. The highest BCUT2D eigenvalue weighted by atomic mass is 35.5. The van der Waals surface area contributed by atoms with E-state index in [1.54, 1.807) is 41.2 Å². The molecule has 2 heterocycles. The van der Waals surface area contributed by atoms with Crippen molar-refractivity contribution in [1.29, 1.82) is 0 Å². The summed E-state index contributed by atoms with van der Waals surface area (Å²) in [6, 6.07) is 14.2. The monoisotopic (exact) mass is 382 g/mol. The molecule has 0 saturated heterocycles. The molecular weight excluding hydrogens is 368 g/mol. The minimum atomic E-state index is -0.325. The summed E-state index contributed by atoms with van der Waals surface area (Å²) in [6.07, 6.45) is 3.49. The number of hydrogen-bond acceptors (Lipinski definition) is 4. The topological polar surface area (TPSA) is 76.5 Å². The van der Waals surface area contributed by atoms with Gasteiger partial charge in [-0.25, -0.2) is 4.68 Å². The number of benzene rings is 2. The van der Waals surface area contributed by atoms with Crippen LogP contribution < -0.4 is 15.0 Å². The van der Waals surface area contributed by atoms with E-state index >= 15 is 0 Å². The van der Waals surface area contributed by atoms with Crippen LogP contribution in [-0.2, 0) is 9.59 Å². The molecule has 0 spiro atoms. The van der Waals surface area contributed by atoms with Gasteiger partial charge in [0.1, 0.15) is 6.54 Å². The predicted octanol–water partition coefficient (Wildman–Crippen LogP) is 2.89. The van der Waals surface area contributed by atoms with E-state index in [9.17, 15) is 9.59 Å². The van der Waals surface area contributed by atoms with Gasteiger partial charge in [0.25, 0.3) is 5.91 Å². The molecule has 136 valence electrons. The number of ether oxygens (including phenoxy) is 1. The number of carbonyl (C=O) groups is 2. The molecule has 2 aromatic carbocycles. The van der Waals surface area contributed by atoms with E-state index in [0.717, 1.165) is 5.69 Å². The minimum absolute atomic E-state index is 0.137. The van der Waals surface area contributed by atoms with Gasteiger partial charge in [0.15, 0.2) is 12.4 Å². The number of anilines is 2. The molecule has 1 aliphatic heterocycles. The van der Waals surface area contributed by atoms with Crippen LogP contribution in [0, 0.1) is 0 Å². The van der Waals surface area contributed by atoms with Crippen LogP contribution in [0.15, 0.2) is 60.9 Å². The van der Waals surface area contributed by atoms with Crippen molar-refractivity contribution in [2.45, 2.75) is 0 Å². The van der Waals surface area contributed by atoms with E-state index in [1.807, 2.05) is 24.4 Å². The number of fused-ring (bicyclic) bond motifs is 1. The van der Waals surface area contributed by atoms with Gasteiger partial charge in [-0.1, -0.05) is 23.7 Å². The second kappa shape index (κ2) is 7.13. The van der Waals surface area contributed by atoms with Gasteiger partial charge in [-0.05, 0) is 36.4 Å². The molecule has 1 aromatic heterocycles. The van der Waals surface area contributed by atoms with E-state index in [1.165, 1.54) is 4.90 Å². The van der Waals surface area contributed by atoms with Crippen molar-refractivity contribution < 1.29 is 14.3 Å². The average molecular weight is 383 g/mol. The number of hydrogen-bond donors (Lipinski definition) is 1. The Morgan fingerprint density at radius 3 is 2.89 bits per heavy atom. The molecule has 27 heavy (non-hydrogen) atoms. The Morgan fingerprint density at radius 1 is 1.22 bits per heavy atom. The van der Waals surface area contributed by atoms with Crippen LogP contribution in [0.5, 0.6) is 5.75 Å². The fraction of sp³-hybridized carbons (Fsp3) is 0.105. The maximum absolute atomic E-state index is 12.5. The third kappa shape index (κ3) is 3.50. The summed E-state index contributed by atoms with van der Waals surface area (Å²) in [5, 5.41) is 7.38. The molecule has 1 N–H and O–H groups in total. The summed E-state index contributed by atoms with van der Waals surface area (Å²) in [6.45, 7) is -0.291. The number of nitrogens with one attached hydrogen (secondary N) is 1. The van der Waals surface area contributed by atoms with Gasteiger partial charge in [0.2, 0.25) is 5.91 Å². The summed E-state index contributed by atoms with van der Waals surface area (Å²) in [4.78, 5) is 26.1. The summed E-state index contributed by atoms with van der Waals surface area (Å²) in [7, 11) is 0. The quantitative estimate of drug-likeness (QED) is 0.752. The zero-order chi connectivity index (χ0) is 18.8. The van der Waals surface area contributed by atoms with Crippen molar-refractivity contribution in [3.05, 3.63) is 65.9 Å². The maximum atomic E-state index is 12.5. The SMILES string of the molecule is O=C(CN1C(=O)COc2c(Cl)cccc21)Nc1cccc(-n2cccn2)c1. The fourth-order valence-corrected chi connectivity index (χ4v) is 3.09. The lowest BCUT2D eigenvalue weighted by Gasteiger charge is -2.29. The van der Waals surface area contributed by atoms with E-state index < -0.39 is 0 Å². The van der Waals surface area contributed by atoms with Crippen LogP contribution >= 0.6 is 11.6 Å². The van der Waals surface area contributed by atoms with Crippen molar-refractivity contribution in [2.24, 2.45) is 0 Å². The van der Waals surface area contributed by atoms with Gasteiger partial charge in [0.05, 0.1) is 16.4 Å². The van der Waals surface area contributed by atoms with Gasteiger partial charge in [0, 0.05) is 18.1 Å². The summed E-state index contributed by atoms with van der Waals surface area (Å²) in [5.74, 6) is -0.216. The first-order valence-corrected chi connectivity index (χ1v) is 8.61. The van der Waals surface area contributed by atoms with Crippen molar-refractivity contribution in [3.63, 3.8) is 0 Å². The first kappa shape index (κ1) is 17.1. The minimum Gasteiger partial charge on any atom is -0.480 e. The van der Waals surface area contributed by atoms with Crippen molar-refractivity contribution in [2.75, 3.05) is 23.4 Å². The standard InChI is InChI=1S/C19H15ClN4O3/c20-15-6-2-7-16-19(15)27-12-18(26)23(16)11-17(25)22-13-4-1-5-14(10-13)24-9-3-8-21-24/h1-10H,11-12H2,(H,22,25). The molecular formula is C19H15ClN4O3. The molecule has 0 aliphatic carbocycles. The first-order valence-electron chi connectivity index (χ1n) is 8.23. The molecule has 8 heteroatoms. The molecule has 0 atom stereocenters. The summed E-state index contributed by atoms with van der Waals surface area (Å²) in [5.41, 5.74) is 1.91. The summed E-state index contributed by atoms with van der Waals surface area (Å²) < 4.78 is 7.08. The average Bonchev–Trinajstić information content (AvgIpc) is 3.19. The van der Waals surface area contributed by atoms with Gasteiger partial charge < -0.3 is 10.1 Å². The zero-order valence-electron chi connectivity index (χ0n) is 14.1. The smallest absolute Gasteiger partial charge is 0.265 e. The van der Waals surface area contributed by atoms with Crippen molar-refractivity contribution in [1.82, 2.24) is 9.78 Å². The fourth-order valence-electron chi connectivity index (χ4n) is 2.86. The predicted molar refractivity (Wildman–Crippen MR) is 101 cm³/mol. The highest BCUT2D eigenvalue weighted by molar-refractivity contribution is 6.32. The van der Waals surface area contributed by atoms with E-state index in [0.29, 0.717) is 22.1 Å². The molecule has 0 fully saturated rings. The number of nitrogens with zero attached hydrogens (tertiary/aromatic N) is 3. The Hall–Kier alpha value is -3.32. The van der Waals surface area contributed by atoms with E-state index in [-0.39, 0.29) is 25.0 Å². The van der Waals surface area contributed by atoms with E-state index in [2.05, 4.69) is 10.4 Å². The molecule has 0 unspecified atom stereocenters.